The minimum atomic E-state index is -0.208. The molecule has 2 aromatic rings. The molecule has 0 fully saturated rings. The van der Waals surface area contributed by atoms with Crippen molar-refractivity contribution in [1.29, 1.82) is 0 Å². The van der Waals surface area contributed by atoms with Gasteiger partial charge in [-0.15, -0.1) is 11.8 Å². The lowest BCUT2D eigenvalue weighted by Gasteiger charge is -2.04. The lowest BCUT2D eigenvalue weighted by Crippen LogP contribution is -2.19. The van der Waals surface area contributed by atoms with E-state index in [1.807, 2.05) is 24.3 Å². The first-order valence-electron chi connectivity index (χ1n) is 5.50. The number of thioether (sulfide) groups is 1. The number of anilines is 1. The van der Waals surface area contributed by atoms with Crippen LogP contribution < -0.4 is 10.7 Å². The van der Waals surface area contributed by atoms with Gasteiger partial charge in [0.15, 0.2) is 0 Å². The average Bonchev–Trinajstić information content (AvgIpc) is 2.41. The molecular weight excluding hydrogens is 328 g/mol. The summed E-state index contributed by atoms with van der Waals surface area (Å²) in [6.45, 7) is 0. The van der Waals surface area contributed by atoms with Crippen LogP contribution in [0.2, 0.25) is 0 Å². The third kappa shape index (κ3) is 4.25. The predicted molar refractivity (Wildman–Crippen MR) is 80.6 cm³/mol. The standard InChI is InChI=1S/C13H11BrN2O2S/c14-9-1-3-10(4-2-9)19-8-13(18)16-11-7-15-6-5-12(11)17/h1-7H,8H2,(H,15,17)(H,16,18). The maximum absolute atomic E-state index is 11.7. The molecule has 0 atom stereocenters. The zero-order valence-corrected chi connectivity index (χ0v) is 12.3. The number of H-pyrrole nitrogens is 1. The Bertz CT molecular complexity index is 625. The first-order chi connectivity index (χ1) is 9.15. The molecule has 0 saturated heterocycles. The van der Waals surface area contributed by atoms with E-state index in [1.165, 1.54) is 30.2 Å². The van der Waals surface area contributed by atoms with Crippen LogP contribution in [0.15, 0.2) is 56.9 Å². The highest BCUT2D eigenvalue weighted by atomic mass is 79.9. The monoisotopic (exact) mass is 338 g/mol. The smallest absolute Gasteiger partial charge is 0.234 e. The summed E-state index contributed by atoms with van der Waals surface area (Å²) in [5.74, 6) is 0.0558. The summed E-state index contributed by atoms with van der Waals surface area (Å²) in [5, 5.41) is 2.58. The zero-order chi connectivity index (χ0) is 13.7. The number of pyridine rings is 1. The Morgan fingerprint density at radius 3 is 2.68 bits per heavy atom. The number of rotatable bonds is 4. The fraction of sp³-hybridized carbons (Fsp3) is 0.0769. The maximum atomic E-state index is 11.7. The van der Waals surface area contributed by atoms with Crippen LogP contribution in [0.4, 0.5) is 5.69 Å². The van der Waals surface area contributed by atoms with E-state index in [0.29, 0.717) is 0 Å². The number of aromatic amines is 1. The molecule has 0 bridgehead atoms. The van der Waals surface area contributed by atoms with Crippen molar-refractivity contribution < 1.29 is 4.79 Å². The second kappa shape index (κ2) is 6.58. The van der Waals surface area contributed by atoms with Crippen molar-refractivity contribution in [2.75, 3.05) is 11.1 Å². The van der Waals surface area contributed by atoms with Gasteiger partial charge in [0.05, 0.1) is 5.75 Å². The molecule has 0 unspecified atom stereocenters. The largest absolute Gasteiger partial charge is 0.366 e. The number of carbonyl (C=O) groups excluding carboxylic acids is 1. The first-order valence-corrected chi connectivity index (χ1v) is 7.28. The highest BCUT2D eigenvalue weighted by Gasteiger charge is 2.05. The first kappa shape index (κ1) is 13.9. The van der Waals surface area contributed by atoms with Gasteiger partial charge >= 0.3 is 0 Å². The summed E-state index contributed by atoms with van der Waals surface area (Å²) in [5.41, 5.74) is 0.0599. The van der Waals surface area contributed by atoms with Crippen LogP contribution in [-0.2, 0) is 4.79 Å². The summed E-state index contributed by atoms with van der Waals surface area (Å²) in [6.07, 6.45) is 3.00. The van der Waals surface area contributed by atoms with Crippen LogP contribution in [-0.4, -0.2) is 16.6 Å². The van der Waals surface area contributed by atoms with E-state index >= 15 is 0 Å². The molecule has 2 N–H and O–H groups in total. The molecule has 1 aromatic heterocycles. The van der Waals surface area contributed by atoms with Crippen molar-refractivity contribution in [3.05, 3.63) is 57.4 Å². The fourth-order valence-corrected chi connectivity index (χ4v) is 2.34. The van der Waals surface area contributed by atoms with Gasteiger partial charge < -0.3 is 10.3 Å². The Balaban J connectivity index is 1.90. The molecule has 0 saturated carbocycles. The van der Waals surface area contributed by atoms with Crippen molar-refractivity contribution in [2.45, 2.75) is 4.90 Å². The maximum Gasteiger partial charge on any atom is 0.234 e. The Hall–Kier alpha value is -1.53. The summed E-state index contributed by atoms with van der Waals surface area (Å²) >= 11 is 4.77. The molecular formula is C13H11BrN2O2S. The van der Waals surface area contributed by atoms with Crippen molar-refractivity contribution in [3.63, 3.8) is 0 Å². The van der Waals surface area contributed by atoms with Gasteiger partial charge in [-0.3, -0.25) is 9.59 Å². The third-order valence-corrected chi connectivity index (χ3v) is 3.82. The minimum absolute atomic E-state index is 0.204. The molecule has 2 rings (SSSR count). The predicted octanol–water partition coefficient (Wildman–Crippen LogP) is 2.87. The van der Waals surface area contributed by atoms with Crippen molar-refractivity contribution in [2.24, 2.45) is 0 Å². The molecule has 19 heavy (non-hydrogen) atoms. The summed E-state index contributed by atoms with van der Waals surface area (Å²) in [6, 6.07) is 9.07. The number of hydrogen-bond donors (Lipinski definition) is 2. The van der Waals surface area contributed by atoms with E-state index in [1.54, 1.807) is 0 Å². The molecule has 1 aromatic carbocycles. The SMILES string of the molecule is O=C(CSc1ccc(Br)cc1)Nc1c[nH]ccc1=O. The molecule has 1 amide bonds. The van der Waals surface area contributed by atoms with Crippen LogP contribution in [0.3, 0.4) is 0 Å². The molecule has 1 heterocycles. The Morgan fingerprint density at radius 2 is 2.00 bits per heavy atom. The van der Waals surface area contributed by atoms with E-state index in [9.17, 15) is 9.59 Å². The molecule has 98 valence electrons. The van der Waals surface area contributed by atoms with Crippen LogP contribution in [0.5, 0.6) is 0 Å². The molecule has 6 heteroatoms. The quantitative estimate of drug-likeness (QED) is 0.842. The number of aromatic nitrogens is 1. The Labute approximate surface area is 122 Å². The number of hydrogen-bond acceptors (Lipinski definition) is 3. The van der Waals surface area contributed by atoms with Crippen LogP contribution >= 0.6 is 27.7 Å². The third-order valence-electron chi connectivity index (χ3n) is 2.28. The molecule has 0 spiro atoms. The topological polar surface area (TPSA) is 62.0 Å². The van der Waals surface area contributed by atoms with Gasteiger partial charge in [0.2, 0.25) is 11.3 Å². The second-order valence-corrected chi connectivity index (χ2v) is 5.68. The Kier molecular flexibility index (Phi) is 4.81. The van der Waals surface area contributed by atoms with E-state index in [4.69, 9.17) is 0 Å². The number of benzene rings is 1. The number of carbonyl (C=O) groups is 1. The lowest BCUT2D eigenvalue weighted by molar-refractivity contribution is -0.113. The van der Waals surface area contributed by atoms with Crippen LogP contribution in [0.25, 0.3) is 0 Å². The summed E-state index contributed by atoms with van der Waals surface area (Å²) in [4.78, 5) is 26.9. The van der Waals surface area contributed by atoms with Crippen LogP contribution in [0, 0.1) is 0 Å². The van der Waals surface area contributed by atoms with E-state index in [-0.39, 0.29) is 22.8 Å². The summed E-state index contributed by atoms with van der Waals surface area (Å²) in [7, 11) is 0. The van der Waals surface area contributed by atoms with E-state index in [2.05, 4.69) is 26.2 Å². The number of halogens is 1. The highest BCUT2D eigenvalue weighted by Crippen LogP contribution is 2.20. The molecule has 0 aliphatic rings. The number of nitrogens with one attached hydrogen (secondary N) is 2. The molecule has 0 aliphatic heterocycles. The highest BCUT2D eigenvalue weighted by molar-refractivity contribution is 9.10. The van der Waals surface area contributed by atoms with Gasteiger partial charge in [0.25, 0.3) is 0 Å². The van der Waals surface area contributed by atoms with Gasteiger partial charge in [-0.2, -0.15) is 0 Å². The van der Waals surface area contributed by atoms with Gasteiger partial charge in [0.1, 0.15) is 5.69 Å². The average molecular weight is 339 g/mol. The van der Waals surface area contributed by atoms with Crippen LogP contribution in [0.1, 0.15) is 0 Å². The van der Waals surface area contributed by atoms with Crippen molar-refractivity contribution in [3.8, 4) is 0 Å². The van der Waals surface area contributed by atoms with Crippen molar-refractivity contribution in [1.82, 2.24) is 4.98 Å². The molecule has 0 aliphatic carbocycles. The minimum Gasteiger partial charge on any atom is -0.366 e. The second-order valence-electron chi connectivity index (χ2n) is 3.71. The molecule has 4 nitrogen and oxygen atoms in total. The number of amides is 1. The van der Waals surface area contributed by atoms with E-state index < -0.39 is 0 Å². The van der Waals surface area contributed by atoms with E-state index in [0.717, 1.165) is 9.37 Å². The van der Waals surface area contributed by atoms with Gasteiger partial charge in [-0.1, -0.05) is 15.9 Å². The lowest BCUT2D eigenvalue weighted by atomic mass is 10.4. The normalized spacial score (nSPS) is 10.2. The van der Waals surface area contributed by atoms with Gasteiger partial charge in [-0.25, -0.2) is 0 Å². The van der Waals surface area contributed by atoms with Gasteiger partial charge in [-0.05, 0) is 24.3 Å². The zero-order valence-electron chi connectivity index (χ0n) is 9.85. The Morgan fingerprint density at radius 1 is 1.26 bits per heavy atom. The van der Waals surface area contributed by atoms with Gasteiger partial charge in [0, 0.05) is 27.8 Å². The van der Waals surface area contributed by atoms with Crippen molar-refractivity contribution >= 4 is 39.3 Å². The molecule has 0 radical (unpaired) electrons. The fourth-order valence-electron chi connectivity index (χ4n) is 1.38. The summed E-state index contributed by atoms with van der Waals surface area (Å²) < 4.78 is 0.997.